The van der Waals surface area contributed by atoms with Crippen LogP contribution in [0.25, 0.3) is 21.8 Å². The molecule has 2 heterocycles. The Morgan fingerprint density at radius 3 is 2.66 bits per heavy atom. The smallest absolute Gasteiger partial charge is 0.243 e. The number of rotatable bonds is 10. The number of sulfonamides is 1. The molecule has 9 heteroatoms. The van der Waals surface area contributed by atoms with Gasteiger partial charge in [-0.25, -0.2) is 8.42 Å². The number of aromatic nitrogens is 2. The molecule has 184 valence electrons. The van der Waals surface area contributed by atoms with Crippen molar-refractivity contribution in [3.8, 4) is 0 Å². The number of amides is 1. The molecule has 0 saturated heterocycles. The summed E-state index contributed by atoms with van der Waals surface area (Å²) in [5.74, 6) is -0.754. The second-order valence-electron chi connectivity index (χ2n) is 8.77. The number of pyridine rings is 1. The van der Waals surface area contributed by atoms with Gasteiger partial charge in [0.1, 0.15) is 10.9 Å². The zero-order valence-corrected chi connectivity index (χ0v) is 20.5. The molecule has 0 saturated carbocycles. The minimum atomic E-state index is -4.05. The van der Waals surface area contributed by atoms with Crippen LogP contribution in [0.4, 0.5) is 0 Å². The van der Waals surface area contributed by atoms with E-state index >= 15 is 0 Å². The zero-order chi connectivity index (χ0) is 25.0. The highest BCUT2D eigenvalue weighted by Gasteiger charge is 2.32. The van der Waals surface area contributed by atoms with E-state index in [-0.39, 0.29) is 17.4 Å². The maximum atomic E-state index is 13.4. The molecule has 2 aromatic carbocycles. The number of para-hydroxylation sites is 2. The summed E-state index contributed by atoms with van der Waals surface area (Å²) in [5, 5.41) is 14.5. The number of aliphatic hydroxyl groups is 1. The molecule has 35 heavy (non-hydrogen) atoms. The van der Waals surface area contributed by atoms with E-state index in [1.54, 1.807) is 24.3 Å². The number of aliphatic hydroxyl groups excluding tert-OH is 1. The Hall–Kier alpha value is -3.27. The number of fused-ring (bicyclic) bond motifs is 2. The van der Waals surface area contributed by atoms with Crippen molar-refractivity contribution in [3.05, 3.63) is 72.6 Å². The zero-order valence-electron chi connectivity index (χ0n) is 19.7. The van der Waals surface area contributed by atoms with Gasteiger partial charge in [-0.1, -0.05) is 56.7 Å². The molecular formula is C26H30N4O4S. The van der Waals surface area contributed by atoms with E-state index in [0.717, 1.165) is 16.5 Å². The summed E-state index contributed by atoms with van der Waals surface area (Å²) in [6, 6.07) is 14.7. The van der Waals surface area contributed by atoms with Gasteiger partial charge in [-0.15, -0.1) is 0 Å². The first-order chi connectivity index (χ1) is 16.8. The largest absolute Gasteiger partial charge is 0.394 e. The van der Waals surface area contributed by atoms with E-state index in [4.69, 9.17) is 0 Å². The van der Waals surface area contributed by atoms with Crippen molar-refractivity contribution in [2.45, 2.75) is 43.7 Å². The molecule has 0 aliphatic carbocycles. The Kier molecular flexibility index (Phi) is 7.49. The van der Waals surface area contributed by atoms with Gasteiger partial charge in [0.15, 0.2) is 0 Å². The lowest BCUT2D eigenvalue weighted by Gasteiger charge is -2.26. The highest BCUT2D eigenvalue weighted by Crippen LogP contribution is 2.23. The minimum absolute atomic E-state index is 0.0224. The third-order valence-corrected chi connectivity index (χ3v) is 7.84. The lowest BCUT2D eigenvalue weighted by Crippen LogP contribution is -2.53. The molecule has 4 aromatic rings. The molecule has 0 aliphatic heterocycles. The molecule has 0 fully saturated rings. The summed E-state index contributed by atoms with van der Waals surface area (Å²) in [7, 11) is -4.05. The van der Waals surface area contributed by atoms with Crippen molar-refractivity contribution in [2.75, 3.05) is 6.61 Å². The van der Waals surface area contributed by atoms with Gasteiger partial charge in [0.05, 0.1) is 18.2 Å². The van der Waals surface area contributed by atoms with Crippen LogP contribution in [0.2, 0.25) is 0 Å². The molecule has 3 atom stereocenters. The van der Waals surface area contributed by atoms with E-state index in [1.807, 2.05) is 44.3 Å². The number of nitrogens with one attached hydrogen (secondary N) is 3. The average molecular weight is 495 g/mol. The van der Waals surface area contributed by atoms with E-state index in [9.17, 15) is 18.3 Å². The van der Waals surface area contributed by atoms with Crippen LogP contribution in [0, 0.1) is 5.92 Å². The number of carbonyl (C=O) groups is 1. The average Bonchev–Trinajstić information content (AvgIpc) is 3.28. The number of carbonyl (C=O) groups excluding carboxylic acids is 1. The second-order valence-corrected chi connectivity index (χ2v) is 10.4. The third kappa shape index (κ3) is 5.37. The number of nitrogens with zero attached hydrogens (tertiary/aromatic N) is 1. The molecule has 0 spiro atoms. The number of benzene rings is 2. The van der Waals surface area contributed by atoms with Gasteiger partial charge in [0.25, 0.3) is 0 Å². The summed E-state index contributed by atoms with van der Waals surface area (Å²) in [4.78, 5) is 20.8. The third-order valence-electron chi connectivity index (χ3n) is 6.37. The first-order valence-electron chi connectivity index (χ1n) is 11.7. The quantitative estimate of drug-likeness (QED) is 0.270. The number of hydrogen-bond donors (Lipinski definition) is 4. The predicted octanol–water partition coefficient (Wildman–Crippen LogP) is 3.13. The Morgan fingerprint density at radius 1 is 1.11 bits per heavy atom. The molecule has 1 amide bonds. The molecule has 4 N–H and O–H groups in total. The summed E-state index contributed by atoms with van der Waals surface area (Å²) in [6.07, 6.45) is 4.39. The topological polar surface area (TPSA) is 124 Å². The first-order valence-corrected chi connectivity index (χ1v) is 13.1. The van der Waals surface area contributed by atoms with E-state index in [0.29, 0.717) is 23.7 Å². The van der Waals surface area contributed by atoms with Crippen molar-refractivity contribution < 1.29 is 18.3 Å². The van der Waals surface area contributed by atoms with Gasteiger partial charge in [0, 0.05) is 28.7 Å². The Bertz CT molecular complexity index is 1430. The predicted molar refractivity (Wildman–Crippen MR) is 136 cm³/mol. The highest BCUT2D eigenvalue weighted by molar-refractivity contribution is 7.89. The van der Waals surface area contributed by atoms with Gasteiger partial charge < -0.3 is 15.4 Å². The van der Waals surface area contributed by atoms with Crippen molar-refractivity contribution in [1.29, 1.82) is 0 Å². The van der Waals surface area contributed by atoms with Gasteiger partial charge >= 0.3 is 0 Å². The van der Waals surface area contributed by atoms with Crippen LogP contribution >= 0.6 is 0 Å². The fourth-order valence-electron chi connectivity index (χ4n) is 4.21. The summed E-state index contributed by atoms with van der Waals surface area (Å²) in [6.45, 7) is 3.44. The monoisotopic (exact) mass is 494 g/mol. The number of H-pyrrole nitrogens is 1. The van der Waals surface area contributed by atoms with Crippen molar-refractivity contribution in [3.63, 3.8) is 0 Å². The van der Waals surface area contributed by atoms with E-state index in [1.165, 1.54) is 12.3 Å². The minimum Gasteiger partial charge on any atom is -0.394 e. The van der Waals surface area contributed by atoms with E-state index < -0.39 is 28.0 Å². The standard InChI is InChI=1S/C26H30N4O4S/c1-3-17(2)24(30-35(33,34)23-12-6-8-18-9-7-13-27-25(18)23)26(32)29-20(16-31)14-19-15-28-22-11-5-4-10-21(19)22/h4-13,15,17,20,24,28,30-31H,3,14,16H2,1-2H3,(H,29,32)/t17-,20-,24-/m0/s1. The highest BCUT2D eigenvalue weighted by atomic mass is 32.2. The second kappa shape index (κ2) is 10.6. The van der Waals surface area contributed by atoms with Crippen molar-refractivity contribution in [2.24, 2.45) is 5.92 Å². The van der Waals surface area contributed by atoms with Crippen LogP contribution in [-0.4, -0.2) is 48.1 Å². The molecule has 2 aromatic heterocycles. The Morgan fingerprint density at radius 2 is 1.89 bits per heavy atom. The van der Waals surface area contributed by atoms with Crippen LogP contribution in [0.5, 0.6) is 0 Å². The van der Waals surface area contributed by atoms with Crippen LogP contribution in [0.3, 0.4) is 0 Å². The molecule has 8 nitrogen and oxygen atoms in total. The maximum Gasteiger partial charge on any atom is 0.243 e. The lowest BCUT2D eigenvalue weighted by molar-refractivity contribution is -0.124. The van der Waals surface area contributed by atoms with Crippen molar-refractivity contribution >= 4 is 37.7 Å². The molecular weight excluding hydrogens is 464 g/mol. The van der Waals surface area contributed by atoms with Crippen LogP contribution in [0.15, 0.2) is 71.9 Å². The Labute approximate surface area is 204 Å². The Balaban J connectivity index is 1.56. The summed E-state index contributed by atoms with van der Waals surface area (Å²) >= 11 is 0. The fourth-order valence-corrected chi connectivity index (χ4v) is 5.69. The molecule has 0 bridgehead atoms. The maximum absolute atomic E-state index is 13.4. The molecule has 0 radical (unpaired) electrons. The van der Waals surface area contributed by atoms with Crippen LogP contribution < -0.4 is 10.0 Å². The van der Waals surface area contributed by atoms with Gasteiger partial charge in [0.2, 0.25) is 15.9 Å². The van der Waals surface area contributed by atoms with Crippen molar-refractivity contribution in [1.82, 2.24) is 20.0 Å². The lowest BCUT2D eigenvalue weighted by atomic mass is 9.98. The van der Waals surface area contributed by atoms with Gasteiger partial charge in [-0.05, 0) is 36.1 Å². The normalized spacial score (nSPS) is 14.6. The summed E-state index contributed by atoms with van der Waals surface area (Å²) in [5.41, 5.74) is 2.28. The number of hydrogen-bond acceptors (Lipinski definition) is 5. The van der Waals surface area contributed by atoms with Gasteiger partial charge in [-0.2, -0.15) is 4.72 Å². The molecule has 0 aliphatic rings. The van der Waals surface area contributed by atoms with Crippen LogP contribution in [0.1, 0.15) is 25.8 Å². The first kappa shape index (κ1) is 24.8. The fraction of sp³-hybridized carbons (Fsp3) is 0.308. The summed E-state index contributed by atoms with van der Waals surface area (Å²) < 4.78 is 29.3. The van der Waals surface area contributed by atoms with Crippen LogP contribution in [-0.2, 0) is 21.2 Å². The SMILES string of the molecule is CC[C@H](C)[C@H](NS(=O)(=O)c1cccc2cccnc12)C(=O)N[C@H](CO)Cc1c[nH]c2ccccc12. The van der Waals surface area contributed by atoms with Gasteiger partial charge in [-0.3, -0.25) is 9.78 Å². The molecule has 4 rings (SSSR count). The molecule has 0 unspecified atom stereocenters. The van der Waals surface area contributed by atoms with E-state index in [2.05, 4.69) is 20.0 Å². The number of aromatic amines is 1.